The molecule has 7 heteroatoms. The van der Waals surface area contributed by atoms with Crippen LogP contribution in [0.25, 0.3) is 10.3 Å². The minimum absolute atomic E-state index is 0.0785. The number of carbonyl (C=O) groups excluding carboxylic acids is 1. The molecule has 134 valence electrons. The Balaban J connectivity index is 1.52. The van der Waals surface area contributed by atoms with Crippen molar-refractivity contribution in [1.82, 2.24) is 15.0 Å². The fourth-order valence-corrected chi connectivity index (χ4v) is 4.54. The zero-order chi connectivity index (χ0) is 17.9. The number of fused-ring (bicyclic) bond motifs is 1. The van der Waals surface area contributed by atoms with Crippen LogP contribution < -0.4 is 10.2 Å². The van der Waals surface area contributed by atoms with Crippen LogP contribution in [-0.2, 0) is 11.2 Å². The van der Waals surface area contributed by atoms with Crippen molar-refractivity contribution in [2.45, 2.75) is 31.7 Å². The summed E-state index contributed by atoms with van der Waals surface area (Å²) in [7, 11) is 1.84. The number of benzene rings is 1. The molecule has 0 spiro atoms. The van der Waals surface area contributed by atoms with Gasteiger partial charge in [-0.05, 0) is 24.8 Å². The highest BCUT2D eigenvalue weighted by atomic mass is 32.1. The second kappa shape index (κ2) is 7.37. The van der Waals surface area contributed by atoms with E-state index in [2.05, 4.69) is 37.3 Å². The van der Waals surface area contributed by atoms with Gasteiger partial charge in [-0.3, -0.25) is 4.79 Å². The highest BCUT2D eigenvalue weighted by Gasteiger charge is 2.32. The van der Waals surface area contributed by atoms with Crippen LogP contribution in [-0.4, -0.2) is 40.4 Å². The van der Waals surface area contributed by atoms with Gasteiger partial charge in [0.15, 0.2) is 16.6 Å². The molecule has 3 heterocycles. The number of nitrogens with one attached hydrogen (secondary N) is 1. The second-order valence-electron chi connectivity index (χ2n) is 6.42. The molecule has 0 amide bonds. The third-order valence-electron chi connectivity index (χ3n) is 4.79. The predicted molar refractivity (Wildman–Crippen MR) is 105 cm³/mol. The molecular formula is C19H21N5OS. The lowest BCUT2D eigenvalue weighted by Gasteiger charge is -2.22. The van der Waals surface area contributed by atoms with Gasteiger partial charge < -0.3 is 10.2 Å². The molecule has 6 nitrogen and oxygen atoms in total. The Morgan fingerprint density at radius 3 is 2.96 bits per heavy atom. The van der Waals surface area contributed by atoms with E-state index in [0.29, 0.717) is 17.9 Å². The highest BCUT2D eigenvalue weighted by molar-refractivity contribution is 7.22. The number of aromatic nitrogens is 3. The Hall–Kier alpha value is -2.54. The molecule has 0 unspecified atom stereocenters. The molecule has 1 aliphatic rings. The topological polar surface area (TPSA) is 71.0 Å². The number of carbonyl (C=O) groups is 1. The third kappa shape index (κ3) is 3.26. The molecule has 26 heavy (non-hydrogen) atoms. The first-order chi connectivity index (χ1) is 12.8. The molecule has 1 aromatic carbocycles. The Kier molecular flexibility index (Phi) is 4.79. The summed E-state index contributed by atoms with van der Waals surface area (Å²) in [6.07, 6.45) is 4.79. The Morgan fingerprint density at radius 1 is 1.31 bits per heavy atom. The van der Waals surface area contributed by atoms with E-state index >= 15 is 0 Å². The van der Waals surface area contributed by atoms with Gasteiger partial charge in [0.1, 0.15) is 16.8 Å². The molecule has 1 N–H and O–H groups in total. The van der Waals surface area contributed by atoms with Gasteiger partial charge in [-0.1, -0.05) is 41.7 Å². The van der Waals surface area contributed by atoms with Crippen LogP contribution in [0.15, 0.2) is 36.7 Å². The molecule has 0 bridgehead atoms. The maximum Gasteiger partial charge on any atom is 0.188 e. The van der Waals surface area contributed by atoms with Crippen molar-refractivity contribution >= 4 is 38.4 Å². The zero-order valence-corrected chi connectivity index (χ0v) is 15.5. The molecule has 4 rings (SSSR count). The number of anilines is 2. The fourth-order valence-electron chi connectivity index (χ4n) is 3.45. The Labute approximate surface area is 156 Å². The normalized spacial score (nSPS) is 17.0. The van der Waals surface area contributed by atoms with Crippen molar-refractivity contribution in [3.8, 4) is 0 Å². The minimum atomic E-state index is -0.0785. The summed E-state index contributed by atoms with van der Waals surface area (Å²) < 4.78 is 0.937. The summed E-state index contributed by atoms with van der Waals surface area (Å²) in [5.41, 5.74) is 1.89. The maximum atomic E-state index is 12.8. The molecule has 3 aromatic rings. The number of hydrogen-bond acceptors (Lipinski definition) is 7. The van der Waals surface area contributed by atoms with Gasteiger partial charge >= 0.3 is 0 Å². The number of aryl methyl sites for hydroxylation is 1. The summed E-state index contributed by atoms with van der Waals surface area (Å²) in [6.45, 7) is 0.865. The monoisotopic (exact) mass is 367 g/mol. The van der Waals surface area contributed by atoms with Gasteiger partial charge in [0.2, 0.25) is 0 Å². The standard InChI is InChI=1S/C19H21N5OS/c1-20-17-16-18(22-12-21-17)23-19(26-16)24-11-5-8-14(24)15(25)10-9-13-6-3-2-4-7-13/h2-4,6-7,12,14H,5,8-11H2,1H3,(H,20,21,22)/t14-/m1/s1. The van der Waals surface area contributed by atoms with E-state index in [9.17, 15) is 4.79 Å². The lowest BCUT2D eigenvalue weighted by molar-refractivity contribution is -0.120. The molecule has 1 aliphatic heterocycles. The molecule has 1 fully saturated rings. The van der Waals surface area contributed by atoms with Gasteiger partial charge in [-0.25, -0.2) is 9.97 Å². The van der Waals surface area contributed by atoms with E-state index in [1.807, 2.05) is 25.2 Å². The first-order valence-corrected chi connectivity index (χ1v) is 9.70. The van der Waals surface area contributed by atoms with Gasteiger partial charge in [-0.15, -0.1) is 0 Å². The van der Waals surface area contributed by atoms with Crippen LogP contribution in [0.1, 0.15) is 24.8 Å². The molecule has 2 aromatic heterocycles. The van der Waals surface area contributed by atoms with Crippen LogP contribution in [0.4, 0.5) is 10.9 Å². The molecular weight excluding hydrogens is 346 g/mol. The SMILES string of the molecule is CNc1ncnc2nc(N3CCC[C@@H]3C(=O)CCc3ccccc3)sc12. The minimum Gasteiger partial charge on any atom is -0.372 e. The second-order valence-corrected chi connectivity index (χ2v) is 7.40. The number of rotatable bonds is 6. The van der Waals surface area contributed by atoms with E-state index in [0.717, 1.165) is 41.5 Å². The summed E-state index contributed by atoms with van der Waals surface area (Å²) in [6, 6.07) is 10.1. The van der Waals surface area contributed by atoms with Gasteiger partial charge in [0, 0.05) is 20.0 Å². The first kappa shape index (κ1) is 16.9. The Bertz CT molecular complexity index is 911. The van der Waals surface area contributed by atoms with Crippen LogP contribution in [0.3, 0.4) is 0 Å². The highest BCUT2D eigenvalue weighted by Crippen LogP contribution is 2.35. The van der Waals surface area contributed by atoms with Gasteiger partial charge in [0.25, 0.3) is 0 Å². The van der Waals surface area contributed by atoms with E-state index in [4.69, 9.17) is 0 Å². The fraction of sp³-hybridized carbons (Fsp3) is 0.368. The van der Waals surface area contributed by atoms with Crippen LogP contribution in [0.5, 0.6) is 0 Å². The molecule has 1 atom stereocenters. The number of ketones is 1. The lowest BCUT2D eigenvalue weighted by Crippen LogP contribution is -2.36. The van der Waals surface area contributed by atoms with Gasteiger partial charge in [-0.2, -0.15) is 4.98 Å². The largest absolute Gasteiger partial charge is 0.372 e. The summed E-state index contributed by atoms with van der Waals surface area (Å²) in [4.78, 5) is 28.2. The maximum absolute atomic E-state index is 12.8. The van der Waals surface area contributed by atoms with Crippen molar-refractivity contribution in [3.05, 3.63) is 42.2 Å². The molecule has 0 aliphatic carbocycles. The number of hydrogen-bond donors (Lipinski definition) is 1. The predicted octanol–water partition coefficient (Wildman–Crippen LogP) is 3.30. The first-order valence-electron chi connectivity index (χ1n) is 8.89. The van der Waals surface area contributed by atoms with E-state index in [1.54, 1.807) is 11.3 Å². The average Bonchev–Trinajstić information content (AvgIpc) is 3.33. The smallest absolute Gasteiger partial charge is 0.188 e. The van der Waals surface area contributed by atoms with Crippen molar-refractivity contribution < 1.29 is 4.79 Å². The van der Waals surface area contributed by atoms with E-state index < -0.39 is 0 Å². The van der Waals surface area contributed by atoms with Crippen molar-refractivity contribution in [2.24, 2.45) is 0 Å². The molecule has 0 saturated carbocycles. The zero-order valence-electron chi connectivity index (χ0n) is 14.7. The Morgan fingerprint density at radius 2 is 2.15 bits per heavy atom. The van der Waals surface area contributed by atoms with Crippen molar-refractivity contribution in [2.75, 3.05) is 23.8 Å². The molecule has 1 saturated heterocycles. The van der Waals surface area contributed by atoms with E-state index in [-0.39, 0.29) is 6.04 Å². The number of thiazole rings is 1. The summed E-state index contributed by atoms with van der Waals surface area (Å²) >= 11 is 1.56. The average molecular weight is 367 g/mol. The van der Waals surface area contributed by atoms with Crippen LogP contribution >= 0.6 is 11.3 Å². The quantitative estimate of drug-likeness (QED) is 0.721. The number of Topliss-reactive ketones (excluding diaryl/α,β-unsaturated/α-hetero) is 1. The lowest BCUT2D eigenvalue weighted by atomic mass is 10.0. The summed E-state index contributed by atoms with van der Waals surface area (Å²) in [5, 5.41) is 3.95. The van der Waals surface area contributed by atoms with Crippen LogP contribution in [0, 0.1) is 0 Å². The van der Waals surface area contributed by atoms with Gasteiger partial charge in [0.05, 0.1) is 6.04 Å². The van der Waals surface area contributed by atoms with Crippen molar-refractivity contribution in [1.29, 1.82) is 0 Å². The summed E-state index contributed by atoms with van der Waals surface area (Å²) in [5.74, 6) is 1.08. The van der Waals surface area contributed by atoms with Crippen LogP contribution in [0.2, 0.25) is 0 Å². The van der Waals surface area contributed by atoms with Crippen molar-refractivity contribution in [3.63, 3.8) is 0 Å². The molecule has 0 radical (unpaired) electrons. The third-order valence-corrected chi connectivity index (χ3v) is 5.88. The number of nitrogens with zero attached hydrogens (tertiary/aromatic N) is 4. The van der Waals surface area contributed by atoms with E-state index in [1.165, 1.54) is 11.9 Å².